The Balaban J connectivity index is 1.41. The van der Waals surface area contributed by atoms with Crippen LogP contribution in [0, 0.1) is 13.8 Å². The lowest BCUT2D eigenvalue weighted by Crippen LogP contribution is -2.03. The lowest BCUT2D eigenvalue weighted by Gasteiger charge is -2.15. The summed E-state index contributed by atoms with van der Waals surface area (Å²) >= 11 is 0. The van der Waals surface area contributed by atoms with Crippen molar-refractivity contribution in [3.8, 4) is 34.2 Å². The number of fused-ring (bicyclic) bond motifs is 3. The van der Waals surface area contributed by atoms with E-state index in [1.807, 2.05) is 18.2 Å². The Hall–Kier alpha value is -4.96. The van der Waals surface area contributed by atoms with Crippen LogP contribution in [-0.4, -0.2) is 19.3 Å². The third-order valence-corrected chi connectivity index (χ3v) is 7.48. The molecule has 0 saturated heterocycles. The van der Waals surface area contributed by atoms with Gasteiger partial charge in [0.15, 0.2) is 11.6 Å². The van der Waals surface area contributed by atoms with E-state index in [1.165, 1.54) is 32.9 Å². The van der Waals surface area contributed by atoms with E-state index in [2.05, 4.69) is 131 Å². The van der Waals surface area contributed by atoms with E-state index in [0.717, 1.165) is 34.2 Å². The quantitative estimate of drug-likeness (QED) is 0.249. The van der Waals surface area contributed by atoms with Gasteiger partial charge in [0.05, 0.1) is 16.7 Å². The standard InChI is InChI=1S/C34H26N4/c1-23-11-10-18-30(24(23)2)38-33(25-12-4-3-5-13-25)35-36-34(38)26-19-21-27(22-20-26)37-31-16-8-6-14-28(31)29-15-7-9-17-32(29)37/h3-22H,1-2H3. The molecule has 5 aromatic carbocycles. The van der Waals surface area contributed by atoms with E-state index in [1.54, 1.807) is 0 Å². The summed E-state index contributed by atoms with van der Waals surface area (Å²) in [5.41, 5.74) is 9.12. The first kappa shape index (κ1) is 22.3. The summed E-state index contributed by atoms with van der Waals surface area (Å²) in [5, 5.41) is 11.9. The zero-order valence-corrected chi connectivity index (χ0v) is 21.3. The summed E-state index contributed by atoms with van der Waals surface area (Å²) < 4.78 is 4.52. The first-order valence-electron chi connectivity index (χ1n) is 12.9. The molecule has 0 aliphatic heterocycles. The minimum atomic E-state index is 0.825. The Morgan fingerprint density at radius 1 is 0.474 bits per heavy atom. The number of benzene rings is 5. The van der Waals surface area contributed by atoms with Crippen molar-refractivity contribution >= 4 is 21.8 Å². The van der Waals surface area contributed by atoms with E-state index in [9.17, 15) is 0 Å². The number of hydrogen-bond donors (Lipinski definition) is 0. The molecule has 0 aliphatic rings. The molecule has 0 radical (unpaired) electrons. The van der Waals surface area contributed by atoms with Gasteiger partial charge in [-0.3, -0.25) is 4.57 Å². The molecule has 0 fully saturated rings. The highest BCUT2D eigenvalue weighted by atomic mass is 15.3. The van der Waals surface area contributed by atoms with E-state index in [4.69, 9.17) is 5.10 Å². The number of nitrogens with zero attached hydrogens (tertiary/aromatic N) is 4. The highest BCUT2D eigenvalue weighted by Gasteiger charge is 2.19. The van der Waals surface area contributed by atoms with Crippen LogP contribution in [0.25, 0.3) is 56.0 Å². The molecular formula is C34H26N4. The van der Waals surface area contributed by atoms with Gasteiger partial charge >= 0.3 is 0 Å². The first-order valence-corrected chi connectivity index (χ1v) is 12.9. The van der Waals surface area contributed by atoms with Crippen molar-refractivity contribution in [2.45, 2.75) is 13.8 Å². The highest BCUT2D eigenvalue weighted by molar-refractivity contribution is 6.09. The molecule has 0 unspecified atom stereocenters. The molecule has 0 aliphatic carbocycles. The lowest BCUT2D eigenvalue weighted by atomic mass is 10.1. The summed E-state index contributed by atoms with van der Waals surface area (Å²) in [4.78, 5) is 0. The second kappa shape index (κ2) is 8.86. The Bertz CT molecular complexity index is 1870. The topological polar surface area (TPSA) is 35.6 Å². The van der Waals surface area contributed by atoms with Crippen molar-refractivity contribution in [3.63, 3.8) is 0 Å². The van der Waals surface area contributed by atoms with Gasteiger partial charge in [-0.1, -0.05) is 78.9 Å². The Morgan fingerprint density at radius 2 is 1.03 bits per heavy atom. The van der Waals surface area contributed by atoms with Crippen LogP contribution in [0.15, 0.2) is 121 Å². The minimum absolute atomic E-state index is 0.825. The summed E-state index contributed by atoms with van der Waals surface area (Å²) in [6.45, 7) is 4.31. The third kappa shape index (κ3) is 3.46. The van der Waals surface area contributed by atoms with Crippen molar-refractivity contribution < 1.29 is 0 Å². The van der Waals surface area contributed by atoms with Gasteiger partial charge in [0, 0.05) is 27.6 Å². The lowest BCUT2D eigenvalue weighted by molar-refractivity contribution is 1.05. The average molecular weight is 491 g/mol. The van der Waals surface area contributed by atoms with Crippen LogP contribution >= 0.6 is 0 Å². The van der Waals surface area contributed by atoms with Crippen molar-refractivity contribution in [3.05, 3.63) is 132 Å². The molecule has 0 atom stereocenters. The molecule has 182 valence electrons. The van der Waals surface area contributed by atoms with Gasteiger partial charge < -0.3 is 4.57 Å². The van der Waals surface area contributed by atoms with Crippen molar-refractivity contribution in [1.82, 2.24) is 19.3 Å². The number of rotatable bonds is 4. The van der Waals surface area contributed by atoms with Crippen LogP contribution in [0.4, 0.5) is 0 Å². The largest absolute Gasteiger partial charge is 0.309 e. The average Bonchev–Trinajstić information content (AvgIpc) is 3.55. The maximum absolute atomic E-state index is 4.71. The molecule has 4 heteroatoms. The summed E-state index contributed by atoms with van der Waals surface area (Å²) in [5.74, 6) is 1.66. The van der Waals surface area contributed by atoms with E-state index in [-0.39, 0.29) is 0 Å². The fourth-order valence-electron chi connectivity index (χ4n) is 5.41. The van der Waals surface area contributed by atoms with Gasteiger partial charge in [0.25, 0.3) is 0 Å². The fourth-order valence-corrected chi connectivity index (χ4v) is 5.41. The number of para-hydroxylation sites is 2. The van der Waals surface area contributed by atoms with Crippen LogP contribution in [0.2, 0.25) is 0 Å². The second-order valence-corrected chi connectivity index (χ2v) is 9.68. The Morgan fingerprint density at radius 3 is 1.66 bits per heavy atom. The normalized spacial score (nSPS) is 11.4. The zero-order chi connectivity index (χ0) is 25.6. The Labute approximate surface area is 221 Å². The number of aromatic nitrogens is 4. The van der Waals surface area contributed by atoms with Crippen LogP contribution in [0.5, 0.6) is 0 Å². The molecule has 0 saturated carbocycles. The predicted octanol–water partition coefficient (Wildman–Crippen LogP) is 8.32. The van der Waals surface area contributed by atoms with E-state index < -0.39 is 0 Å². The molecule has 2 aromatic heterocycles. The number of hydrogen-bond acceptors (Lipinski definition) is 2. The van der Waals surface area contributed by atoms with Gasteiger partial charge in [0.2, 0.25) is 0 Å². The van der Waals surface area contributed by atoms with Gasteiger partial charge in [-0.2, -0.15) is 0 Å². The molecule has 0 spiro atoms. The van der Waals surface area contributed by atoms with Crippen LogP contribution in [0.1, 0.15) is 11.1 Å². The second-order valence-electron chi connectivity index (χ2n) is 9.68. The molecule has 38 heavy (non-hydrogen) atoms. The molecule has 4 nitrogen and oxygen atoms in total. The maximum Gasteiger partial charge on any atom is 0.168 e. The van der Waals surface area contributed by atoms with E-state index >= 15 is 0 Å². The smallest absolute Gasteiger partial charge is 0.168 e. The van der Waals surface area contributed by atoms with Crippen LogP contribution in [0.3, 0.4) is 0 Å². The van der Waals surface area contributed by atoms with Crippen molar-refractivity contribution in [1.29, 1.82) is 0 Å². The van der Waals surface area contributed by atoms with Crippen molar-refractivity contribution in [2.24, 2.45) is 0 Å². The Kier molecular flexibility index (Phi) is 5.19. The van der Waals surface area contributed by atoms with Crippen LogP contribution < -0.4 is 0 Å². The van der Waals surface area contributed by atoms with Crippen molar-refractivity contribution in [2.75, 3.05) is 0 Å². The molecule has 7 rings (SSSR count). The molecular weight excluding hydrogens is 464 g/mol. The number of aryl methyl sites for hydroxylation is 1. The zero-order valence-electron chi connectivity index (χ0n) is 21.3. The molecule has 0 bridgehead atoms. The molecule has 7 aromatic rings. The third-order valence-electron chi connectivity index (χ3n) is 7.48. The monoisotopic (exact) mass is 490 g/mol. The van der Waals surface area contributed by atoms with Gasteiger partial charge in [-0.25, -0.2) is 0 Å². The van der Waals surface area contributed by atoms with Crippen LogP contribution in [-0.2, 0) is 0 Å². The van der Waals surface area contributed by atoms with Gasteiger partial charge in [-0.05, 0) is 67.4 Å². The summed E-state index contributed by atoms with van der Waals surface area (Å²) in [6.07, 6.45) is 0. The highest BCUT2D eigenvalue weighted by Crippen LogP contribution is 2.34. The first-order chi connectivity index (χ1) is 18.7. The SMILES string of the molecule is Cc1cccc(-n2c(-c3ccccc3)nnc2-c2ccc(-n3c4ccccc4c4ccccc43)cc2)c1C. The predicted molar refractivity (Wildman–Crippen MR) is 156 cm³/mol. The van der Waals surface area contributed by atoms with E-state index in [0.29, 0.717) is 0 Å². The summed E-state index contributed by atoms with van der Waals surface area (Å²) in [7, 11) is 0. The fraction of sp³-hybridized carbons (Fsp3) is 0.0588. The minimum Gasteiger partial charge on any atom is -0.309 e. The summed E-state index contributed by atoms with van der Waals surface area (Å²) in [6, 6.07) is 42.5. The van der Waals surface area contributed by atoms with Gasteiger partial charge in [0.1, 0.15) is 0 Å². The molecule has 2 heterocycles. The maximum atomic E-state index is 4.71. The molecule has 0 amide bonds. The molecule has 0 N–H and O–H groups in total. The van der Waals surface area contributed by atoms with Gasteiger partial charge in [-0.15, -0.1) is 10.2 Å².